The number of sulfonamides is 1. The van der Waals surface area contributed by atoms with Crippen molar-refractivity contribution in [3.05, 3.63) is 29.3 Å². The molecule has 1 aliphatic carbocycles. The molecule has 0 aromatic heterocycles. The molecule has 1 aromatic carbocycles. The molecule has 2 fully saturated rings. The molecule has 1 saturated carbocycles. The van der Waals surface area contributed by atoms with E-state index in [1.54, 1.807) is 13.0 Å². The van der Waals surface area contributed by atoms with Crippen LogP contribution in [-0.4, -0.2) is 50.3 Å². The van der Waals surface area contributed by atoms with Crippen LogP contribution < -0.4 is 5.32 Å². The number of carbonyl (C=O) groups excluding carboxylic acids is 2. The van der Waals surface area contributed by atoms with E-state index in [9.17, 15) is 18.0 Å². The molecule has 0 unspecified atom stereocenters. The van der Waals surface area contributed by atoms with Gasteiger partial charge in [-0.3, -0.25) is 4.79 Å². The number of nitrogens with zero attached hydrogens (tertiary/aromatic N) is 1. The van der Waals surface area contributed by atoms with E-state index in [4.69, 9.17) is 4.74 Å². The predicted octanol–water partition coefficient (Wildman–Crippen LogP) is 3.02. The second-order valence-corrected chi connectivity index (χ2v) is 10.5. The Labute approximate surface area is 179 Å². The van der Waals surface area contributed by atoms with E-state index in [1.807, 2.05) is 0 Å². The first-order valence-electron chi connectivity index (χ1n) is 10.8. The van der Waals surface area contributed by atoms with Gasteiger partial charge in [0.2, 0.25) is 10.0 Å². The van der Waals surface area contributed by atoms with E-state index < -0.39 is 16.0 Å². The number of aryl methyl sites for hydroxylation is 1. The average molecular weight is 437 g/mol. The van der Waals surface area contributed by atoms with Crippen molar-refractivity contribution >= 4 is 21.9 Å². The van der Waals surface area contributed by atoms with Crippen LogP contribution in [0.5, 0.6) is 0 Å². The lowest BCUT2D eigenvalue weighted by Crippen LogP contribution is -2.39. The maximum Gasteiger partial charge on any atom is 0.338 e. The van der Waals surface area contributed by atoms with Crippen LogP contribution in [0.15, 0.2) is 23.1 Å². The monoisotopic (exact) mass is 436 g/mol. The number of piperidine rings is 1. The lowest BCUT2D eigenvalue weighted by atomic mass is 9.87. The molecule has 3 rings (SSSR count). The molecule has 2 aliphatic rings. The summed E-state index contributed by atoms with van der Waals surface area (Å²) in [4.78, 5) is 24.7. The van der Waals surface area contributed by atoms with Crippen LogP contribution in [0.4, 0.5) is 0 Å². The van der Waals surface area contributed by atoms with E-state index in [1.165, 1.54) is 16.4 Å². The van der Waals surface area contributed by atoms with Crippen molar-refractivity contribution in [1.29, 1.82) is 0 Å². The molecular weight excluding hydrogens is 404 g/mol. The molecule has 30 heavy (non-hydrogen) atoms. The number of rotatable bonds is 6. The van der Waals surface area contributed by atoms with Crippen LogP contribution in [-0.2, 0) is 19.6 Å². The summed E-state index contributed by atoms with van der Waals surface area (Å²) in [5.74, 6) is -0.332. The fourth-order valence-corrected chi connectivity index (χ4v) is 5.91. The third kappa shape index (κ3) is 5.60. The van der Waals surface area contributed by atoms with Gasteiger partial charge < -0.3 is 10.1 Å². The van der Waals surface area contributed by atoms with Gasteiger partial charge in [-0.15, -0.1) is 0 Å². The highest BCUT2D eigenvalue weighted by atomic mass is 32.2. The molecule has 7 nitrogen and oxygen atoms in total. The lowest BCUT2D eigenvalue weighted by Gasteiger charge is -2.27. The van der Waals surface area contributed by atoms with Gasteiger partial charge in [-0.2, -0.15) is 4.31 Å². The van der Waals surface area contributed by atoms with Gasteiger partial charge in [-0.25, -0.2) is 13.2 Å². The quantitative estimate of drug-likeness (QED) is 0.692. The van der Waals surface area contributed by atoms with Gasteiger partial charge in [0.1, 0.15) is 0 Å². The van der Waals surface area contributed by atoms with Crippen LogP contribution in [0.2, 0.25) is 0 Å². The molecule has 1 N–H and O–H groups in total. The molecule has 166 valence electrons. The molecule has 0 atom stereocenters. The second kappa shape index (κ2) is 9.92. The van der Waals surface area contributed by atoms with E-state index in [2.05, 4.69) is 12.2 Å². The Bertz CT molecular complexity index is 870. The van der Waals surface area contributed by atoms with Gasteiger partial charge in [0.25, 0.3) is 5.91 Å². The van der Waals surface area contributed by atoms with Crippen molar-refractivity contribution in [2.45, 2.75) is 69.7 Å². The largest absolute Gasteiger partial charge is 0.452 e. The highest BCUT2D eigenvalue weighted by Gasteiger charge is 2.28. The predicted molar refractivity (Wildman–Crippen MR) is 114 cm³/mol. The van der Waals surface area contributed by atoms with Crippen LogP contribution in [0.25, 0.3) is 0 Å². The Hall–Kier alpha value is -1.93. The molecule has 1 aromatic rings. The van der Waals surface area contributed by atoms with Crippen LogP contribution in [0.3, 0.4) is 0 Å². The fraction of sp³-hybridized carbons (Fsp3) is 0.636. The molecule has 1 heterocycles. The number of esters is 1. The van der Waals surface area contributed by atoms with Crippen molar-refractivity contribution < 1.29 is 22.7 Å². The van der Waals surface area contributed by atoms with E-state index in [0.717, 1.165) is 44.9 Å². The molecule has 8 heteroatoms. The molecule has 0 radical (unpaired) electrons. The standard InChI is InChI=1S/C22H32N2O5S/c1-16-6-10-19(11-7-16)23-21(25)15-29-22(26)18-9-8-17(2)20(14-18)30(27,28)24-12-4-3-5-13-24/h8-9,14,16,19H,3-7,10-13,15H2,1-2H3,(H,23,25). The van der Waals surface area contributed by atoms with Crippen LogP contribution in [0.1, 0.15) is 67.8 Å². The Balaban J connectivity index is 1.61. The Morgan fingerprint density at radius 1 is 1.10 bits per heavy atom. The SMILES string of the molecule is Cc1ccc(C(=O)OCC(=O)NC2CCC(C)CC2)cc1S(=O)(=O)N1CCCCC1. The molecule has 1 saturated heterocycles. The summed E-state index contributed by atoms with van der Waals surface area (Å²) in [5, 5.41) is 2.92. The maximum absolute atomic E-state index is 13.0. The lowest BCUT2D eigenvalue weighted by molar-refractivity contribution is -0.125. The minimum Gasteiger partial charge on any atom is -0.452 e. The van der Waals surface area contributed by atoms with Gasteiger partial charge in [0.15, 0.2) is 6.61 Å². The Kier molecular flexibility index (Phi) is 7.52. The van der Waals surface area contributed by atoms with Crippen molar-refractivity contribution in [1.82, 2.24) is 9.62 Å². The van der Waals surface area contributed by atoms with Gasteiger partial charge >= 0.3 is 5.97 Å². The van der Waals surface area contributed by atoms with Crippen molar-refractivity contribution in [2.24, 2.45) is 5.92 Å². The van der Waals surface area contributed by atoms with Crippen molar-refractivity contribution in [3.8, 4) is 0 Å². The highest BCUT2D eigenvalue weighted by Crippen LogP contribution is 2.25. The summed E-state index contributed by atoms with van der Waals surface area (Å²) >= 11 is 0. The zero-order valence-electron chi connectivity index (χ0n) is 17.9. The number of hydrogen-bond acceptors (Lipinski definition) is 5. The van der Waals surface area contributed by atoms with Crippen LogP contribution >= 0.6 is 0 Å². The van der Waals surface area contributed by atoms with Gasteiger partial charge in [-0.05, 0) is 69.1 Å². The average Bonchev–Trinajstić information content (AvgIpc) is 2.74. The third-order valence-electron chi connectivity index (χ3n) is 6.07. The molecule has 0 bridgehead atoms. The Morgan fingerprint density at radius 2 is 1.77 bits per heavy atom. The summed E-state index contributed by atoms with van der Waals surface area (Å²) in [6, 6.07) is 4.64. The summed E-state index contributed by atoms with van der Waals surface area (Å²) in [6.45, 7) is 4.55. The number of nitrogens with one attached hydrogen (secondary N) is 1. The number of amides is 1. The first-order chi connectivity index (χ1) is 14.3. The number of benzene rings is 1. The zero-order valence-corrected chi connectivity index (χ0v) is 18.7. The van der Waals surface area contributed by atoms with E-state index in [0.29, 0.717) is 24.6 Å². The molecule has 1 aliphatic heterocycles. The smallest absolute Gasteiger partial charge is 0.338 e. The van der Waals surface area contributed by atoms with Gasteiger partial charge in [0.05, 0.1) is 10.5 Å². The van der Waals surface area contributed by atoms with E-state index >= 15 is 0 Å². The van der Waals surface area contributed by atoms with Crippen molar-refractivity contribution in [3.63, 3.8) is 0 Å². The topological polar surface area (TPSA) is 92.8 Å². The first-order valence-corrected chi connectivity index (χ1v) is 12.3. The molecule has 0 spiro atoms. The van der Waals surface area contributed by atoms with Gasteiger partial charge in [-0.1, -0.05) is 19.4 Å². The van der Waals surface area contributed by atoms with E-state index in [-0.39, 0.29) is 29.0 Å². The van der Waals surface area contributed by atoms with Crippen LogP contribution in [0, 0.1) is 12.8 Å². The van der Waals surface area contributed by atoms with Crippen molar-refractivity contribution in [2.75, 3.05) is 19.7 Å². The summed E-state index contributed by atoms with van der Waals surface area (Å²) < 4.78 is 32.6. The van der Waals surface area contributed by atoms with Gasteiger partial charge in [0, 0.05) is 19.1 Å². The minimum atomic E-state index is -3.66. The highest BCUT2D eigenvalue weighted by molar-refractivity contribution is 7.89. The second-order valence-electron chi connectivity index (χ2n) is 8.55. The maximum atomic E-state index is 13.0. The minimum absolute atomic E-state index is 0.125. The number of hydrogen-bond donors (Lipinski definition) is 1. The summed E-state index contributed by atoms with van der Waals surface area (Å²) in [6.07, 6.45) is 6.77. The number of carbonyl (C=O) groups is 2. The normalized spacial score (nSPS) is 23.0. The molecule has 1 amide bonds. The Morgan fingerprint density at radius 3 is 2.43 bits per heavy atom. The zero-order chi connectivity index (χ0) is 21.7. The molecular formula is C22H32N2O5S. The fourth-order valence-electron chi connectivity index (χ4n) is 4.14. The third-order valence-corrected chi connectivity index (χ3v) is 8.11. The number of ether oxygens (including phenoxy) is 1. The summed E-state index contributed by atoms with van der Waals surface area (Å²) in [7, 11) is -3.66. The summed E-state index contributed by atoms with van der Waals surface area (Å²) in [5.41, 5.74) is 0.719. The first kappa shape index (κ1) is 22.7.